The Morgan fingerprint density at radius 3 is 2.65 bits per heavy atom. The minimum atomic E-state index is -0.332. The molecule has 1 heterocycles. The van der Waals surface area contributed by atoms with Gasteiger partial charge in [0.1, 0.15) is 11.4 Å². The van der Waals surface area contributed by atoms with E-state index in [0.717, 1.165) is 0 Å². The molecule has 0 bridgehead atoms. The number of aromatic amines is 1. The van der Waals surface area contributed by atoms with E-state index in [9.17, 15) is 9.59 Å². The number of amides is 1. The van der Waals surface area contributed by atoms with Crippen LogP contribution in [0.3, 0.4) is 0 Å². The van der Waals surface area contributed by atoms with Crippen molar-refractivity contribution in [2.75, 3.05) is 6.54 Å². The lowest BCUT2D eigenvalue weighted by Crippen LogP contribution is -2.28. The molecule has 1 aromatic carbocycles. The molecule has 0 spiro atoms. The highest BCUT2D eigenvalue weighted by atomic mass is 16.5. The zero-order valence-corrected chi connectivity index (χ0v) is 15.7. The van der Waals surface area contributed by atoms with Crippen molar-refractivity contribution >= 4 is 5.91 Å². The topological polar surface area (TPSA) is 97.0 Å². The van der Waals surface area contributed by atoms with Gasteiger partial charge in [-0.2, -0.15) is 0 Å². The Morgan fingerprint density at radius 2 is 2.00 bits per heavy atom. The van der Waals surface area contributed by atoms with Gasteiger partial charge in [-0.1, -0.05) is 26.0 Å². The summed E-state index contributed by atoms with van der Waals surface area (Å²) in [6, 6.07) is 7.31. The first-order valence-corrected chi connectivity index (χ1v) is 8.84. The number of hydrogen-bond donors (Lipinski definition) is 2. The van der Waals surface area contributed by atoms with Crippen LogP contribution in [0, 0.1) is 5.92 Å². The maximum atomic E-state index is 12.2. The van der Waals surface area contributed by atoms with E-state index in [1.807, 2.05) is 45.9 Å². The molecule has 0 atom stereocenters. The van der Waals surface area contributed by atoms with Crippen LogP contribution in [-0.4, -0.2) is 33.7 Å². The van der Waals surface area contributed by atoms with Crippen LogP contribution in [0.1, 0.15) is 39.8 Å². The summed E-state index contributed by atoms with van der Waals surface area (Å²) in [4.78, 5) is 26.7. The lowest BCUT2D eigenvalue weighted by atomic mass is 10.2. The maximum Gasteiger partial charge on any atom is 0.273 e. The van der Waals surface area contributed by atoms with Crippen molar-refractivity contribution in [2.24, 2.45) is 5.92 Å². The Kier molecular flexibility index (Phi) is 6.89. The molecule has 2 N–H and O–H groups in total. The van der Waals surface area contributed by atoms with Gasteiger partial charge in [-0.05, 0) is 31.9 Å². The third-order valence-corrected chi connectivity index (χ3v) is 3.54. The molecule has 0 unspecified atom stereocenters. The highest BCUT2D eigenvalue weighted by molar-refractivity contribution is 5.76. The van der Waals surface area contributed by atoms with Gasteiger partial charge in [0.2, 0.25) is 5.91 Å². The number of ether oxygens (including phenoxy) is 1. The van der Waals surface area contributed by atoms with Crippen LogP contribution in [0.5, 0.6) is 5.75 Å². The Balaban J connectivity index is 2.05. The molecule has 0 aliphatic heterocycles. The molecular formula is C19H26N4O3. The van der Waals surface area contributed by atoms with Crippen molar-refractivity contribution < 1.29 is 9.53 Å². The number of aryl methyl sites for hydroxylation is 1. The lowest BCUT2D eigenvalue weighted by Gasteiger charge is -2.10. The molecule has 1 amide bonds. The Hall–Kier alpha value is -2.70. The van der Waals surface area contributed by atoms with Crippen LogP contribution in [0.15, 0.2) is 29.1 Å². The van der Waals surface area contributed by atoms with Crippen LogP contribution in [-0.2, 0) is 11.2 Å². The average Bonchev–Trinajstić information content (AvgIpc) is 2.58. The molecule has 0 saturated carbocycles. The quantitative estimate of drug-likeness (QED) is 0.755. The van der Waals surface area contributed by atoms with E-state index in [-0.39, 0.29) is 36.1 Å². The van der Waals surface area contributed by atoms with Gasteiger partial charge in [0, 0.05) is 24.9 Å². The van der Waals surface area contributed by atoms with Crippen LogP contribution in [0.4, 0.5) is 0 Å². The summed E-state index contributed by atoms with van der Waals surface area (Å²) in [6.45, 7) is 8.56. The van der Waals surface area contributed by atoms with Gasteiger partial charge in [-0.25, -0.2) is 0 Å². The maximum absolute atomic E-state index is 12.2. The van der Waals surface area contributed by atoms with Crippen molar-refractivity contribution in [1.82, 2.24) is 20.5 Å². The van der Waals surface area contributed by atoms with Gasteiger partial charge in [-0.3, -0.25) is 9.59 Å². The monoisotopic (exact) mass is 358 g/mol. The third-order valence-electron chi connectivity index (χ3n) is 3.54. The van der Waals surface area contributed by atoms with Gasteiger partial charge in [-0.15, -0.1) is 10.2 Å². The molecule has 7 heteroatoms. The molecule has 1 aromatic heterocycles. The zero-order chi connectivity index (χ0) is 19.1. The first kappa shape index (κ1) is 19.6. The zero-order valence-electron chi connectivity index (χ0n) is 15.7. The van der Waals surface area contributed by atoms with E-state index in [4.69, 9.17) is 4.74 Å². The number of carbonyl (C=O) groups excluding carboxylic acids is 1. The number of aromatic nitrogens is 3. The fourth-order valence-electron chi connectivity index (χ4n) is 2.28. The Labute approximate surface area is 153 Å². The molecular weight excluding hydrogens is 332 g/mol. The van der Waals surface area contributed by atoms with Crippen LogP contribution in [0.25, 0.3) is 11.4 Å². The highest BCUT2D eigenvalue weighted by Gasteiger charge is 2.10. The number of carbonyl (C=O) groups is 1. The molecule has 0 aliphatic carbocycles. The second-order valence-electron chi connectivity index (χ2n) is 6.84. The molecule has 26 heavy (non-hydrogen) atoms. The SMILES string of the molecule is CC(C)CNC(=O)CCc1nnc(-c2cccc(OC(C)C)c2)[nH]c1=O. The molecule has 0 aliphatic rings. The van der Waals surface area contributed by atoms with Crippen molar-refractivity contribution in [3.8, 4) is 17.1 Å². The van der Waals surface area contributed by atoms with E-state index < -0.39 is 0 Å². The summed E-state index contributed by atoms with van der Waals surface area (Å²) >= 11 is 0. The summed E-state index contributed by atoms with van der Waals surface area (Å²) in [5.74, 6) is 1.36. The summed E-state index contributed by atoms with van der Waals surface area (Å²) in [5.41, 5.74) is 0.638. The van der Waals surface area contributed by atoms with Gasteiger partial charge < -0.3 is 15.0 Å². The first-order chi connectivity index (χ1) is 12.3. The first-order valence-electron chi connectivity index (χ1n) is 8.84. The molecule has 0 radical (unpaired) electrons. The number of benzene rings is 1. The van der Waals surface area contributed by atoms with E-state index in [1.165, 1.54) is 0 Å². The molecule has 140 valence electrons. The molecule has 2 aromatic rings. The third kappa shape index (κ3) is 5.98. The van der Waals surface area contributed by atoms with E-state index in [0.29, 0.717) is 29.6 Å². The fourth-order valence-corrected chi connectivity index (χ4v) is 2.28. The normalized spacial score (nSPS) is 11.0. The predicted molar refractivity (Wildman–Crippen MR) is 100 cm³/mol. The standard InChI is InChI=1S/C19H26N4O3/c1-12(2)11-20-17(24)9-8-16-19(25)21-18(23-22-16)14-6-5-7-15(10-14)26-13(3)4/h5-7,10,12-13H,8-9,11H2,1-4H3,(H,20,24)(H,21,23,25). The number of nitrogens with zero attached hydrogens (tertiary/aromatic N) is 2. The molecule has 0 fully saturated rings. The van der Waals surface area contributed by atoms with Crippen LogP contribution < -0.4 is 15.6 Å². The van der Waals surface area contributed by atoms with Crippen molar-refractivity contribution in [3.05, 3.63) is 40.3 Å². The predicted octanol–water partition coefficient (Wildman–Crippen LogP) is 2.32. The number of H-pyrrole nitrogens is 1. The smallest absolute Gasteiger partial charge is 0.273 e. The van der Waals surface area contributed by atoms with Crippen molar-refractivity contribution in [2.45, 2.75) is 46.6 Å². The number of nitrogens with one attached hydrogen (secondary N) is 2. The number of hydrogen-bond acceptors (Lipinski definition) is 5. The minimum Gasteiger partial charge on any atom is -0.491 e. The second-order valence-corrected chi connectivity index (χ2v) is 6.84. The summed E-state index contributed by atoms with van der Waals surface area (Å²) < 4.78 is 5.65. The number of rotatable bonds is 8. The fraction of sp³-hybridized carbons (Fsp3) is 0.474. The van der Waals surface area contributed by atoms with E-state index >= 15 is 0 Å². The molecule has 0 saturated heterocycles. The molecule has 2 rings (SSSR count). The Bertz CT molecular complexity index is 799. The van der Waals surface area contributed by atoms with Crippen LogP contribution in [0.2, 0.25) is 0 Å². The van der Waals surface area contributed by atoms with Gasteiger partial charge in [0.25, 0.3) is 5.56 Å². The van der Waals surface area contributed by atoms with Gasteiger partial charge in [0.05, 0.1) is 6.10 Å². The van der Waals surface area contributed by atoms with Crippen molar-refractivity contribution in [3.63, 3.8) is 0 Å². The van der Waals surface area contributed by atoms with E-state index in [1.54, 1.807) is 6.07 Å². The minimum absolute atomic E-state index is 0.0552. The summed E-state index contributed by atoms with van der Waals surface area (Å²) in [7, 11) is 0. The Morgan fingerprint density at radius 1 is 1.23 bits per heavy atom. The lowest BCUT2D eigenvalue weighted by molar-refractivity contribution is -0.121. The molecule has 7 nitrogen and oxygen atoms in total. The van der Waals surface area contributed by atoms with Crippen molar-refractivity contribution in [1.29, 1.82) is 0 Å². The largest absolute Gasteiger partial charge is 0.491 e. The van der Waals surface area contributed by atoms with Crippen LogP contribution >= 0.6 is 0 Å². The van der Waals surface area contributed by atoms with Gasteiger partial charge in [0.15, 0.2) is 5.82 Å². The second kappa shape index (κ2) is 9.12. The van der Waals surface area contributed by atoms with Gasteiger partial charge >= 0.3 is 0 Å². The average molecular weight is 358 g/mol. The summed E-state index contributed by atoms with van der Waals surface area (Å²) in [5, 5.41) is 10.9. The highest BCUT2D eigenvalue weighted by Crippen LogP contribution is 2.20. The summed E-state index contributed by atoms with van der Waals surface area (Å²) in [6.07, 6.45) is 0.518. The van der Waals surface area contributed by atoms with E-state index in [2.05, 4.69) is 20.5 Å².